The molecule has 20 heavy (non-hydrogen) atoms. The van der Waals surface area contributed by atoms with Crippen LogP contribution in [0.1, 0.15) is 12.5 Å². The molecule has 0 aliphatic carbocycles. The third-order valence-corrected chi connectivity index (χ3v) is 3.06. The van der Waals surface area contributed by atoms with Gasteiger partial charge in [-0.3, -0.25) is 9.69 Å². The van der Waals surface area contributed by atoms with Gasteiger partial charge in [0.15, 0.2) is 0 Å². The van der Waals surface area contributed by atoms with Crippen molar-refractivity contribution in [1.29, 1.82) is 0 Å². The highest BCUT2D eigenvalue weighted by molar-refractivity contribution is 6.30. The van der Waals surface area contributed by atoms with Gasteiger partial charge in [-0.25, -0.2) is 0 Å². The maximum atomic E-state index is 12.0. The first-order valence-electron chi connectivity index (χ1n) is 5.98. The van der Waals surface area contributed by atoms with E-state index in [-0.39, 0.29) is 0 Å². The van der Waals surface area contributed by atoms with Crippen molar-refractivity contribution in [3.63, 3.8) is 0 Å². The van der Waals surface area contributed by atoms with E-state index < -0.39 is 24.7 Å². The normalized spacial score (nSPS) is 13.3. The third kappa shape index (κ3) is 5.79. The molecule has 3 nitrogen and oxygen atoms in total. The van der Waals surface area contributed by atoms with E-state index in [1.165, 1.54) is 0 Å². The van der Waals surface area contributed by atoms with Gasteiger partial charge in [0.25, 0.3) is 0 Å². The van der Waals surface area contributed by atoms with Crippen molar-refractivity contribution < 1.29 is 18.0 Å². The molecule has 0 saturated heterocycles. The Kier molecular flexibility index (Phi) is 5.83. The third-order valence-electron chi connectivity index (χ3n) is 2.82. The largest absolute Gasteiger partial charge is 0.405 e. The van der Waals surface area contributed by atoms with Gasteiger partial charge in [0, 0.05) is 11.6 Å². The number of likely N-dealkylation sites (N-methyl/N-ethyl adjacent to an activating group) is 1. The molecule has 0 aliphatic rings. The molecule has 1 N–H and O–H groups in total. The minimum Gasteiger partial charge on any atom is -0.346 e. The van der Waals surface area contributed by atoms with Crippen LogP contribution in [0.2, 0.25) is 5.02 Å². The van der Waals surface area contributed by atoms with Crippen molar-refractivity contribution in [3.05, 3.63) is 34.9 Å². The highest BCUT2D eigenvalue weighted by atomic mass is 35.5. The number of alkyl halides is 3. The van der Waals surface area contributed by atoms with Gasteiger partial charge in [-0.05, 0) is 31.7 Å². The molecule has 1 amide bonds. The Labute approximate surface area is 120 Å². The number of hydrogen-bond donors (Lipinski definition) is 1. The molecule has 1 aromatic carbocycles. The summed E-state index contributed by atoms with van der Waals surface area (Å²) >= 11 is 5.85. The fourth-order valence-corrected chi connectivity index (χ4v) is 1.81. The van der Waals surface area contributed by atoms with Crippen LogP contribution in [0.5, 0.6) is 0 Å². The number of halogens is 4. The van der Waals surface area contributed by atoms with Crippen LogP contribution < -0.4 is 5.32 Å². The molecular formula is C13H16ClF3N2O. The first-order chi connectivity index (χ1) is 9.19. The van der Waals surface area contributed by atoms with Gasteiger partial charge in [-0.1, -0.05) is 23.7 Å². The van der Waals surface area contributed by atoms with E-state index in [0.29, 0.717) is 11.6 Å². The number of carbonyl (C=O) groups is 1. The Balaban J connectivity index is 2.54. The minimum absolute atomic E-state index is 0.418. The maximum Gasteiger partial charge on any atom is 0.405 e. The molecule has 7 heteroatoms. The summed E-state index contributed by atoms with van der Waals surface area (Å²) < 4.78 is 36.1. The molecule has 112 valence electrons. The zero-order valence-corrected chi connectivity index (χ0v) is 11.9. The van der Waals surface area contributed by atoms with E-state index in [2.05, 4.69) is 0 Å². The van der Waals surface area contributed by atoms with E-state index in [1.54, 1.807) is 37.1 Å². The second kappa shape index (κ2) is 6.95. The van der Waals surface area contributed by atoms with E-state index in [1.807, 2.05) is 11.4 Å². The smallest absolute Gasteiger partial charge is 0.346 e. The molecule has 0 fully saturated rings. The second-order valence-electron chi connectivity index (χ2n) is 4.55. The lowest BCUT2D eigenvalue weighted by atomic mass is 10.2. The Morgan fingerprint density at radius 2 is 2.10 bits per heavy atom. The van der Waals surface area contributed by atoms with Crippen molar-refractivity contribution >= 4 is 17.5 Å². The summed E-state index contributed by atoms with van der Waals surface area (Å²) in [5.41, 5.74) is 0.885. The number of hydrogen-bond acceptors (Lipinski definition) is 2. The van der Waals surface area contributed by atoms with Gasteiger partial charge < -0.3 is 5.32 Å². The van der Waals surface area contributed by atoms with Crippen LogP contribution in [-0.4, -0.2) is 36.6 Å². The molecule has 1 atom stereocenters. The van der Waals surface area contributed by atoms with Crippen LogP contribution in [0.25, 0.3) is 0 Å². The first kappa shape index (κ1) is 16.8. The topological polar surface area (TPSA) is 32.3 Å². The molecule has 1 rings (SSSR count). The summed E-state index contributed by atoms with van der Waals surface area (Å²) in [6.07, 6.45) is -4.40. The Hall–Kier alpha value is -1.27. The van der Waals surface area contributed by atoms with Crippen LogP contribution in [-0.2, 0) is 11.3 Å². The van der Waals surface area contributed by atoms with E-state index in [4.69, 9.17) is 11.6 Å². The van der Waals surface area contributed by atoms with Gasteiger partial charge in [-0.2, -0.15) is 13.2 Å². The summed E-state index contributed by atoms with van der Waals surface area (Å²) in [7, 11) is 1.67. The molecule has 0 bridgehead atoms. The van der Waals surface area contributed by atoms with Crippen LogP contribution in [0.3, 0.4) is 0 Å². The quantitative estimate of drug-likeness (QED) is 0.907. The number of benzene rings is 1. The fourth-order valence-electron chi connectivity index (χ4n) is 1.60. The molecule has 1 aromatic rings. The molecule has 0 aromatic heterocycles. The van der Waals surface area contributed by atoms with Gasteiger partial charge in [0.2, 0.25) is 5.91 Å². The van der Waals surface area contributed by atoms with E-state index in [9.17, 15) is 18.0 Å². The highest BCUT2D eigenvalue weighted by Crippen LogP contribution is 2.14. The SMILES string of the molecule is CC(C(=O)NCC(F)(F)F)N(C)Cc1cccc(Cl)c1. The van der Waals surface area contributed by atoms with Gasteiger partial charge in [-0.15, -0.1) is 0 Å². The summed E-state index contributed by atoms with van der Waals surface area (Å²) in [6.45, 7) is 0.651. The second-order valence-corrected chi connectivity index (χ2v) is 4.99. The molecule has 0 heterocycles. The lowest BCUT2D eigenvalue weighted by molar-refractivity contribution is -0.141. The molecule has 0 aliphatic heterocycles. The lowest BCUT2D eigenvalue weighted by Gasteiger charge is -2.24. The van der Waals surface area contributed by atoms with Crippen LogP contribution >= 0.6 is 11.6 Å². The Morgan fingerprint density at radius 3 is 2.65 bits per heavy atom. The number of nitrogens with one attached hydrogen (secondary N) is 1. The standard InChI is InChI=1S/C13H16ClF3N2O/c1-9(12(20)18-8-13(15,16)17)19(2)7-10-4-3-5-11(14)6-10/h3-6,9H,7-8H2,1-2H3,(H,18,20). The van der Waals surface area contributed by atoms with Crippen LogP contribution in [0.4, 0.5) is 13.2 Å². The van der Waals surface area contributed by atoms with Crippen LogP contribution in [0.15, 0.2) is 24.3 Å². The number of rotatable bonds is 5. The number of amides is 1. The molecule has 0 radical (unpaired) electrons. The van der Waals surface area contributed by atoms with Crippen molar-refractivity contribution in [2.45, 2.75) is 25.7 Å². The average Bonchev–Trinajstić information content (AvgIpc) is 2.34. The van der Waals surface area contributed by atoms with Crippen molar-refractivity contribution in [3.8, 4) is 0 Å². The summed E-state index contributed by atoms with van der Waals surface area (Å²) in [5.74, 6) is -0.660. The molecule has 1 unspecified atom stereocenters. The van der Waals surface area contributed by atoms with Crippen LogP contribution in [0, 0.1) is 0 Å². The fraction of sp³-hybridized carbons (Fsp3) is 0.462. The Bertz CT molecular complexity index is 465. The van der Waals surface area contributed by atoms with Crippen molar-refractivity contribution in [1.82, 2.24) is 10.2 Å². The molecular weight excluding hydrogens is 293 g/mol. The molecule has 0 saturated carbocycles. The summed E-state index contributed by atoms with van der Waals surface area (Å²) in [4.78, 5) is 13.3. The number of carbonyl (C=O) groups excluding carboxylic acids is 1. The predicted octanol–water partition coefficient (Wildman–Crippen LogP) is 2.84. The van der Waals surface area contributed by atoms with E-state index >= 15 is 0 Å². The lowest BCUT2D eigenvalue weighted by Crippen LogP contribution is -2.45. The van der Waals surface area contributed by atoms with Gasteiger partial charge in [0.1, 0.15) is 6.54 Å². The maximum absolute atomic E-state index is 12.0. The summed E-state index contributed by atoms with van der Waals surface area (Å²) in [5, 5.41) is 2.44. The monoisotopic (exact) mass is 308 g/mol. The van der Waals surface area contributed by atoms with Crippen molar-refractivity contribution in [2.75, 3.05) is 13.6 Å². The van der Waals surface area contributed by atoms with Gasteiger partial charge in [0.05, 0.1) is 6.04 Å². The minimum atomic E-state index is -4.40. The Morgan fingerprint density at radius 1 is 1.45 bits per heavy atom. The van der Waals surface area contributed by atoms with E-state index in [0.717, 1.165) is 5.56 Å². The average molecular weight is 309 g/mol. The summed E-state index contributed by atoms with van der Waals surface area (Å²) in [6, 6.07) is 6.42. The first-order valence-corrected chi connectivity index (χ1v) is 6.36. The number of nitrogens with zero attached hydrogens (tertiary/aromatic N) is 1. The predicted molar refractivity (Wildman–Crippen MR) is 71.4 cm³/mol. The highest BCUT2D eigenvalue weighted by Gasteiger charge is 2.29. The van der Waals surface area contributed by atoms with Gasteiger partial charge >= 0.3 is 6.18 Å². The van der Waals surface area contributed by atoms with Crippen molar-refractivity contribution in [2.24, 2.45) is 0 Å². The zero-order chi connectivity index (χ0) is 15.3. The molecule has 0 spiro atoms. The zero-order valence-electron chi connectivity index (χ0n) is 11.2.